The van der Waals surface area contributed by atoms with Crippen LogP contribution >= 0.6 is 0 Å². The van der Waals surface area contributed by atoms with Gasteiger partial charge in [-0.3, -0.25) is 0 Å². The molecule has 0 saturated carbocycles. The van der Waals surface area contributed by atoms with E-state index in [9.17, 15) is 4.79 Å². The van der Waals surface area contributed by atoms with Crippen LogP contribution in [0.15, 0.2) is 54.1 Å². The summed E-state index contributed by atoms with van der Waals surface area (Å²) in [6, 6.07) is 15.8. The van der Waals surface area contributed by atoms with Crippen molar-refractivity contribution < 1.29 is 14.3 Å². The van der Waals surface area contributed by atoms with Crippen LogP contribution in [0.3, 0.4) is 0 Å². The van der Waals surface area contributed by atoms with Gasteiger partial charge in [0, 0.05) is 17.1 Å². The van der Waals surface area contributed by atoms with Crippen LogP contribution in [0.4, 0.5) is 0 Å². The van der Waals surface area contributed by atoms with Crippen molar-refractivity contribution in [2.24, 2.45) is 0 Å². The van der Waals surface area contributed by atoms with E-state index in [1.54, 1.807) is 7.11 Å². The molecule has 112 valence electrons. The van der Waals surface area contributed by atoms with Gasteiger partial charge in [-0.15, -0.1) is 0 Å². The van der Waals surface area contributed by atoms with Gasteiger partial charge >= 0.3 is 5.97 Å². The fraction of sp³-hybridized carbons (Fsp3) is 0.211. The minimum atomic E-state index is -0.269. The van der Waals surface area contributed by atoms with E-state index in [-0.39, 0.29) is 11.9 Å². The van der Waals surface area contributed by atoms with E-state index >= 15 is 0 Å². The van der Waals surface area contributed by atoms with Crippen molar-refractivity contribution in [2.45, 2.75) is 12.8 Å². The molecule has 1 aliphatic carbocycles. The molecule has 0 radical (unpaired) electrons. The molecule has 3 heteroatoms. The van der Waals surface area contributed by atoms with Crippen LogP contribution in [-0.2, 0) is 9.53 Å². The lowest BCUT2D eigenvalue weighted by atomic mass is 9.88. The van der Waals surface area contributed by atoms with E-state index in [2.05, 4.69) is 0 Å². The molecule has 1 unspecified atom stereocenters. The van der Waals surface area contributed by atoms with Crippen LogP contribution in [0.25, 0.3) is 6.08 Å². The fourth-order valence-electron chi connectivity index (χ4n) is 2.96. The number of carbonyl (C=O) groups is 1. The van der Waals surface area contributed by atoms with E-state index in [1.807, 2.05) is 61.5 Å². The molecule has 0 N–H and O–H groups in total. The molecule has 0 aromatic heterocycles. The van der Waals surface area contributed by atoms with Gasteiger partial charge in [-0.1, -0.05) is 42.5 Å². The summed E-state index contributed by atoms with van der Waals surface area (Å²) in [6.07, 6.45) is 1.91. The summed E-state index contributed by atoms with van der Waals surface area (Å²) in [5, 5.41) is 0. The predicted molar refractivity (Wildman–Crippen MR) is 85.9 cm³/mol. The Morgan fingerprint density at radius 3 is 2.55 bits per heavy atom. The lowest BCUT2D eigenvalue weighted by molar-refractivity contribution is -0.138. The van der Waals surface area contributed by atoms with Gasteiger partial charge in [0.05, 0.1) is 13.7 Å². The van der Waals surface area contributed by atoms with Crippen molar-refractivity contribution in [3.63, 3.8) is 0 Å². The second-order valence-electron chi connectivity index (χ2n) is 5.13. The number of ether oxygens (including phenoxy) is 2. The van der Waals surface area contributed by atoms with Crippen molar-refractivity contribution in [1.82, 2.24) is 0 Å². The van der Waals surface area contributed by atoms with Gasteiger partial charge in [-0.05, 0) is 30.2 Å². The molecule has 0 spiro atoms. The molecule has 0 fully saturated rings. The minimum absolute atomic E-state index is 0.147. The van der Waals surface area contributed by atoms with Crippen LogP contribution in [0.2, 0.25) is 0 Å². The zero-order valence-corrected chi connectivity index (χ0v) is 12.7. The average Bonchev–Trinajstić information content (AvgIpc) is 2.95. The summed E-state index contributed by atoms with van der Waals surface area (Å²) < 4.78 is 10.7. The van der Waals surface area contributed by atoms with Crippen LogP contribution < -0.4 is 4.74 Å². The predicted octanol–water partition coefficient (Wildman–Crippen LogP) is 3.79. The molecule has 0 amide bonds. The number of rotatable bonds is 4. The Kier molecular flexibility index (Phi) is 3.96. The first-order chi connectivity index (χ1) is 10.8. The highest BCUT2D eigenvalue weighted by atomic mass is 16.5. The Labute approximate surface area is 130 Å². The molecule has 22 heavy (non-hydrogen) atoms. The van der Waals surface area contributed by atoms with Crippen molar-refractivity contribution in [2.75, 3.05) is 13.7 Å². The maximum Gasteiger partial charge on any atom is 0.334 e. The zero-order valence-electron chi connectivity index (χ0n) is 12.7. The normalized spacial score (nSPS) is 15.9. The first-order valence-corrected chi connectivity index (χ1v) is 7.36. The smallest absolute Gasteiger partial charge is 0.334 e. The highest BCUT2D eigenvalue weighted by Gasteiger charge is 2.34. The van der Waals surface area contributed by atoms with E-state index in [1.165, 1.54) is 0 Å². The second-order valence-corrected chi connectivity index (χ2v) is 5.13. The largest absolute Gasteiger partial charge is 0.496 e. The van der Waals surface area contributed by atoms with Gasteiger partial charge in [0.1, 0.15) is 5.75 Å². The molecular weight excluding hydrogens is 276 g/mol. The van der Waals surface area contributed by atoms with Gasteiger partial charge in [0.25, 0.3) is 0 Å². The number of hydrogen-bond acceptors (Lipinski definition) is 3. The summed E-state index contributed by atoms with van der Waals surface area (Å²) in [6.45, 7) is 2.18. The van der Waals surface area contributed by atoms with Crippen molar-refractivity contribution in [3.8, 4) is 5.75 Å². The second kappa shape index (κ2) is 6.06. The van der Waals surface area contributed by atoms with Crippen LogP contribution in [0.1, 0.15) is 29.5 Å². The lowest BCUT2D eigenvalue weighted by Crippen LogP contribution is -2.13. The third-order valence-corrected chi connectivity index (χ3v) is 3.87. The molecule has 1 aliphatic rings. The Balaban J connectivity index is 2.14. The molecule has 1 atom stereocenters. The average molecular weight is 294 g/mol. The summed E-state index contributed by atoms with van der Waals surface area (Å²) in [5.74, 6) is 0.378. The summed E-state index contributed by atoms with van der Waals surface area (Å²) in [5.41, 5.74) is 3.76. The van der Waals surface area contributed by atoms with Crippen molar-refractivity contribution in [1.29, 1.82) is 0 Å². The number of fused-ring (bicyclic) bond motifs is 1. The summed E-state index contributed by atoms with van der Waals surface area (Å²) >= 11 is 0. The standard InChI is InChI=1S/C19H18O3/c1-3-22-19(20)15-12-14-10-7-11-16(21-2)18(14)17(15)13-8-5-4-6-9-13/h4-12,17H,3H2,1-2H3. The molecule has 2 aromatic carbocycles. The van der Waals surface area contributed by atoms with Crippen LogP contribution in [0, 0.1) is 0 Å². The Morgan fingerprint density at radius 2 is 1.86 bits per heavy atom. The molecule has 0 heterocycles. The molecule has 0 aliphatic heterocycles. The van der Waals surface area contributed by atoms with Crippen LogP contribution in [0.5, 0.6) is 5.75 Å². The quantitative estimate of drug-likeness (QED) is 0.805. The third-order valence-electron chi connectivity index (χ3n) is 3.87. The maximum atomic E-state index is 12.4. The molecule has 2 aromatic rings. The highest BCUT2D eigenvalue weighted by Crippen LogP contribution is 2.45. The maximum absolute atomic E-state index is 12.4. The molecule has 3 rings (SSSR count). The topological polar surface area (TPSA) is 35.5 Å². The van der Waals surface area contributed by atoms with Crippen LogP contribution in [-0.4, -0.2) is 19.7 Å². The monoisotopic (exact) mass is 294 g/mol. The summed E-state index contributed by atoms with van der Waals surface area (Å²) in [4.78, 5) is 12.4. The molecule has 0 bridgehead atoms. The fourth-order valence-corrected chi connectivity index (χ4v) is 2.96. The number of esters is 1. The number of methoxy groups -OCH3 is 1. The first-order valence-electron chi connectivity index (χ1n) is 7.36. The SMILES string of the molecule is CCOC(=O)C1=Cc2cccc(OC)c2C1c1ccccc1. The Bertz CT molecular complexity index is 717. The van der Waals surface area contributed by atoms with Gasteiger partial charge in [0.15, 0.2) is 0 Å². The molecule has 0 saturated heterocycles. The van der Waals surface area contributed by atoms with E-state index in [0.717, 1.165) is 22.4 Å². The lowest BCUT2D eigenvalue weighted by Gasteiger charge is -2.18. The Hall–Kier alpha value is -2.55. The number of hydrogen-bond donors (Lipinski definition) is 0. The van der Waals surface area contributed by atoms with E-state index in [0.29, 0.717) is 12.2 Å². The zero-order chi connectivity index (χ0) is 15.5. The van der Waals surface area contributed by atoms with Gasteiger partial charge < -0.3 is 9.47 Å². The Morgan fingerprint density at radius 1 is 1.09 bits per heavy atom. The van der Waals surface area contributed by atoms with Crippen molar-refractivity contribution >= 4 is 12.0 Å². The van der Waals surface area contributed by atoms with Gasteiger partial charge in [-0.2, -0.15) is 0 Å². The first kappa shape index (κ1) is 14.4. The van der Waals surface area contributed by atoms with Gasteiger partial charge in [-0.25, -0.2) is 4.79 Å². The molecule has 3 nitrogen and oxygen atoms in total. The number of benzene rings is 2. The van der Waals surface area contributed by atoms with Crippen molar-refractivity contribution in [3.05, 3.63) is 70.8 Å². The van der Waals surface area contributed by atoms with E-state index in [4.69, 9.17) is 9.47 Å². The highest BCUT2D eigenvalue weighted by molar-refractivity contribution is 5.99. The molecular formula is C19H18O3. The van der Waals surface area contributed by atoms with Gasteiger partial charge in [0.2, 0.25) is 0 Å². The third kappa shape index (κ3) is 2.39. The summed E-state index contributed by atoms with van der Waals surface area (Å²) in [7, 11) is 1.65. The number of carbonyl (C=O) groups excluding carboxylic acids is 1. The van der Waals surface area contributed by atoms with E-state index < -0.39 is 0 Å². The minimum Gasteiger partial charge on any atom is -0.496 e.